The van der Waals surface area contributed by atoms with Crippen LogP contribution < -0.4 is 4.74 Å². The average Bonchev–Trinajstić information content (AvgIpc) is 2.88. The molecule has 4 aromatic carbocycles. The highest BCUT2D eigenvalue weighted by Crippen LogP contribution is 2.16. The number of carbonyl (C=O) groups excluding carboxylic acids is 1. The summed E-state index contributed by atoms with van der Waals surface area (Å²) >= 11 is 0. The maximum absolute atomic E-state index is 13.1. The quantitative estimate of drug-likeness (QED) is 0.287. The van der Waals surface area contributed by atoms with Gasteiger partial charge in [0.25, 0.3) is 5.91 Å². The van der Waals surface area contributed by atoms with E-state index in [0.717, 1.165) is 28.0 Å². The fraction of sp³-hybridized carbons (Fsp3) is 0.138. The van der Waals surface area contributed by atoms with Gasteiger partial charge in [0.15, 0.2) is 0 Å². The van der Waals surface area contributed by atoms with Crippen molar-refractivity contribution in [3.8, 4) is 5.75 Å². The van der Waals surface area contributed by atoms with Crippen LogP contribution >= 0.6 is 0 Å². The SMILES string of the molecule is O=C(Cc1ccc(OCc2ccccc2)cc1)N(Cc1ccccc1)OCc1ccccc1. The second-order valence-corrected chi connectivity index (χ2v) is 7.77. The van der Waals surface area contributed by atoms with Crippen LogP contribution in [0.2, 0.25) is 0 Å². The maximum Gasteiger partial charge on any atom is 0.250 e. The molecule has 0 radical (unpaired) electrons. The van der Waals surface area contributed by atoms with E-state index in [1.54, 1.807) is 0 Å². The average molecular weight is 438 g/mol. The summed E-state index contributed by atoms with van der Waals surface area (Å²) in [7, 11) is 0. The number of hydrogen-bond acceptors (Lipinski definition) is 3. The summed E-state index contributed by atoms with van der Waals surface area (Å²) in [5.41, 5.74) is 4.06. The minimum absolute atomic E-state index is 0.0901. The van der Waals surface area contributed by atoms with Crippen molar-refractivity contribution in [2.75, 3.05) is 0 Å². The van der Waals surface area contributed by atoms with Gasteiger partial charge in [-0.3, -0.25) is 9.63 Å². The van der Waals surface area contributed by atoms with E-state index in [1.807, 2.05) is 115 Å². The second-order valence-electron chi connectivity index (χ2n) is 7.77. The number of amides is 1. The summed E-state index contributed by atoms with van der Waals surface area (Å²) in [6.07, 6.45) is 0.251. The molecule has 4 aromatic rings. The van der Waals surface area contributed by atoms with Crippen LogP contribution in [-0.4, -0.2) is 11.0 Å². The normalized spacial score (nSPS) is 10.5. The van der Waals surface area contributed by atoms with E-state index in [1.165, 1.54) is 5.06 Å². The van der Waals surface area contributed by atoms with E-state index < -0.39 is 0 Å². The van der Waals surface area contributed by atoms with Crippen LogP contribution in [-0.2, 0) is 35.8 Å². The van der Waals surface area contributed by atoms with Crippen molar-refractivity contribution < 1.29 is 14.4 Å². The molecule has 0 aliphatic rings. The molecule has 0 atom stereocenters. The first-order valence-corrected chi connectivity index (χ1v) is 11.0. The fourth-order valence-electron chi connectivity index (χ4n) is 3.39. The number of hydrogen-bond donors (Lipinski definition) is 0. The van der Waals surface area contributed by atoms with E-state index >= 15 is 0 Å². The lowest BCUT2D eigenvalue weighted by Crippen LogP contribution is -2.32. The van der Waals surface area contributed by atoms with Crippen molar-refractivity contribution in [1.82, 2.24) is 5.06 Å². The molecule has 0 saturated heterocycles. The monoisotopic (exact) mass is 437 g/mol. The molecule has 0 bridgehead atoms. The summed E-state index contributed by atoms with van der Waals surface area (Å²) < 4.78 is 5.85. The summed E-state index contributed by atoms with van der Waals surface area (Å²) in [6, 6.07) is 37.4. The van der Waals surface area contributed by atoms with Gasteiger partial charge in [0.2, 0.25) is 0 Å². The Kier molecular flexibility index (Phi) is 7.88. The van der Waals surface area contributed by atoms with Gasteiger partial charge in [0, 0.05) is 0 Å². The van der Waals surface area contributed by atoms with Gasteiger partial charge in [-0.2, -0.15) is 0 Å². The Bertz CT molecular complexity index is 1110. The highest BCUT2D eigenvalue weighted by Gasteiger charge is 2.16. The van der Waals surface area contributed by atoms with Gasteiger partial charge in [-0.1, -0.05) is 103 Å². The van der Waals surface area contributed by atoms with Crippen molar-refractivity contribution in [2.24, 2.45) is 0 Å². The Morgan fingerprint density at radius 3 is 1.67 bits per heavy atom. The Labute approximate surface area is 195 Å². The van der Waals surface area contributed by atoms with Crippen LogP contribution in [0.4, 0.5) is 0 Å². The predicted octanol–water partition coefficient (Wildman–Crippen LogP) is 5.97. The van der Waals surface area contributed by atoms with Crippen molar-refractivity contribution in [3.05, 3.63) is 138 Å². The number of benzene rings is 4. The van der Waals surface area contributed by atoms with E-state index in [9.17, 15) is 4.79 Å². The Morgan fingerprint density at radius 2 is 1.09 bits per heavy atom. The Morgan fingerprint density at radius 1 is 0.576 bits per heavy atom. The second kappa shape index (κ2) is 11.7. The maximum atomic E-state index is 13.1. The lowest BCUT2D eigenvalue weighted by atomic mass is 10.1. The van der Waals surface area contributed by atoms with Crippen molar-refractivity contribution >= 4 is 5.91 Å². The van der Waals surface area contributed by atoms with Gasteiger partial charge in [-0.15, -0.1) is 0 Å². The van der Waals surface area contributed by atoms with Crippen LogP contribution in [0.5, 0.6) is 5.75 Å². The lowest BCUT2D eigenvalue weighted by molar-refractivity contribution is -0.194. The van der Waals surface area contributed by atoms with Crippen LogP contribution in [0.15, 0.2) is 115 Å². The molecule has 4 heteroatoms. The van der Waals surface area contributed by atoms with E-state index in [2.05, 4.69) is 0 Å². The molecule has 0 heterocycles. The number of rotatable bonds is 10. The van der Waals surface area contributed by atoms with E-state index in [0.29, 0.717) is 19.8 Å². The largest absolute Gasteiger partial charge is 0.489 e. The minimum atomic E-state index is -0.0901. The van der Waals surface area contributed by atoms with Crippen molar-refractivity contribution in [2.45, 2.75) is 26.2 Å². The van der Waals surface area contributed by atoms with Crippen LogP contribution in [0.25, 0.3) is 0 Å². The molecule has 0 spiro atoms. The number of ether oxygens (including phenoxy) is 1. The zero-order valence-corrected chi connectivity index (χ0v) is 18.5. The molecular weight excluding hydrogens is 410 g/mol. The molecule has 33 heavy (non-hydrogen) atoms. The van der Waals surface area contributed by atoms with Crippen LogP contribution in [0.3, 0.4) is 0 Å². The predicted molar refractivity (Wildman–Crippen MR) is 129 cm³/mol. The first-order valence-electron chi connectivity index (χ1n) is 11.0. The summed E-state index contributed by atoms with van der Waals surface area (Å²) in [6.45, 7) is 1.24. The Balaban J connectivity index is 1.37. The highest BCUT2D eigenvalue weighted by atomic mass is 16.7. The summed E-state index contributed by atoms with van der Waals surface area (Å²) in [4.78, 5) is 19.0. The van der Waals surface area contributed by atoms with Gasteiger partial charge in [0.1, 0.15) is 19.0 Å². The third-order valence-electron chi connectivity index (χ3n) is 5.20. The summed E-state index contributed by atoms with van der Waals surface area (Å²) in [5, 5.41) is 1.46. The molecule has 1 amide bonds. The zero-order valence-electron chi connectivity index (χ0n) is 18.5. The molecule has 0 aromatic heterocycles. The number of carbonyl (C=O) groups is 1. The smallest absolute Gasteiger partial charge is 0.250 e. The third-order valence-corrected chi connectivity index (χ3v) is 5.20. The van der Waals surface area contributed by atoms with Crippen LogP contribution in [0.1, 0.15) is 22.3 Å². The molecule has 166 valence electrons. The minimum Gasteiger partial charge on any atom is -0.489 e. The molecule has 0 saturated carbocycles. The molecule has 0 fully saturated rings. The van der Waals surface area contributed by atoms with Gasteiger partial charge in [0.05, 0.1) is 13.0 Å². The lowest BCUT2D eigenvalue weighted by Gasteiger charge is -2.22. The number of hydroxylamine groups is 2. The topological polar surface area (TPSA) is 38.8 Å². The zero-order chi connectivity index (χ0) is 22.7. The fourth-order valence-corrected chi connectivity index (χ4v) is 3.39. The Hall–Kier alpha value is -3.89. The molecule has 4 nitrogen and oxygen atoms in total. The van der Waals surface area contributed by atoms with Crippen molar-refractivity contribution in [1.29, 1.82) is 0 Å². The van der Waals surface area contributed by atoms with Crippen LogP contribution in [0, 0.1) is 0 Å². The molecule has 0 unspecified atom stereocenters. The molecule has 4 rings (SSSR count). The number of nitrogens with zero attached hydrogens (tertiary/aromatic N) is 1. The first kappa shape index (κ1) is 22.3. The molecule has 0 aliphatic heterocycles. The molecule has 0 N–H and O–H groups in total. The van der Waals surface area contributed by atoms with Gasteiger partial charge in [-0.25, -0.2) is 5.06 Å². The van der Waals surface area contributed by atoms with Gasteiger partial charge < -0.3 is 4.74 Å². The highest BCUT2D eigenvalue weighted by molar-refractivity contribution is 5.77. The standard InChI is InChI=1S/C29H27NO3/c31-29(20-24-16-18-28(19-17-24)32-22-26-12-6-2-7-13-26)30(21-25-10-4-1-5-11-25)33-23-27-14-8-3-9-15-27/h1-19H,20-23H2. The molecular formula is C29H27NO3. The first-order chi connectivity index (χ1) is 16.3. The van der Waals surface area contributed by atoms with E-state index in [-0.39, 0.29) is 12.3 Å². The van der Waals surface area contributed by atoms with E-state index in [4.69, 9.17) is 9.57 Å². The van der Waals surface area contributed by atoms with Gasteiger partial charge in [-0.05, 0) is 34.4 Å². The van der Waals surface area contributed by atoms with Crippen molar-refractivity contribution in [3.63, 3.8) is 0 Å². The third kappa shape index (κ3) is 7.06. The summed E-state index contributed by atoms with van der Waals surface area (Å²) in [5.74, 6) is 0.684. The van der Waals surface area contributed by atoms with Gasteiger partial charge >= 0.3 is 0 Å². The molecule has 0 aliphatic carbocycles.